The lowest BCUT2D eigenvalue weighted by molar-refractivity contribution is -0.141. The number of aromatic nitrogens is 3. The van der Waals surface area contributed by atoms with Crippen molar-refractivity contribution in [3.8, 4) is 10.4 Å². The number of hydrogen-bond acceptors (Lipinski definition) is 8. The van der Waals surface area contributed by atoms with Gasteiger partial charge in [0.1, 0.15) is 22.5 Å². The summed E-state index contributed by atoms with van der Waals surface area (Å²) in [5, 5.41) is 24.1. The van der Waals surface area contributed by atoms with Crippen molar-refractivity contribution in [2.24, 2.45) is 11.7 Å². The molecule has 33 heavy (non-hydrogen) atoms. The lowest BCUT2D eigenvalue weighted by atomic mass is 9.78. The maximum Gasteiger partial charge on any atom is 0.433 e. The van der Waals surface area contributed by atoms with Gasteiger partial charge in [-0.1, -0.05) is 6.07 Å². The minimum absolute atomic E-state index is 0.0341. The molecular weight excluding hydrogens is 455 g/mol. The van der Waals surface area contributed by atoms with Crippen LogP contribution < -0.4 is 11.1 Å². The first-order chi connectivity index (χ1) is 15.5. The molecule has 0 spiro atoms. The van der Waals surface area contributed by atoms with Gasteiger partial charge in [0.2, 0.25) is 5.95 Å². The van der Waals surface area contributed by atoms with Crippen LogP contribution in [0.25, 0.3) is 10.4 Å². The SMILES string of the molecule is Cc1cc(Nc2nccc(C(F)(F)F)n2)cc(-c2cnc([C@]3(O)CC[C@H](C(N)O)CC3)s2)c1. The first-order valence-corrected chi connectivity index (χ1v) is 11.3. The third-order valence-electron chi connectivity index (χ3n) is 5.81. The number of aliphatic hydroxyl groups is 2. The molecule has 1 saturated carbocycles. The van der Waals surface area contributed by atoms with Crippen LogP contribution in [0.5, 0.6) is 0 Å². The third-order valence-corrected chi connectivity index (χ3v) is 7.05. The van der Waals surface area contributed by atoms with Crippen LogP contribution in [0, 0.1) is 12.8 Å². The summed E-state index contributed by atoms with van der Waals surface area (Å²) in [5.74, 6) is -0.187. The fraction of sp³-hybridized carbons (Fsp3) is 0.409. The number of nitrogens with zero attached hydrogens (tertiary/aromatic N) is 3. The predicted octanol–water partition coefficient (Wildman–Crippen LogP) is 4.33. The molecule has 1 unspecified atom stereocenters. The van der Waals surface area contributed by atoms with Crippen LogP contribution >= 0.6 is 11.3 Å². The van der Waals surface area contributed by atoms with Crippen molar-refractivity contribution in [3.63, 3.8) is 0 Å². The summed E-state index contributed by atoms with van der Waals surface area (Å²) in [5.41, 5.74) is 5.72. The Kier molecular flexibility index (Phi) is 6.41. The average Bonchev–Trinajstić information content (AvgIpc) is 3.25. The van der Waals surface area contributed by atoms with Gasteiger partial charge in [-0.3, -0.25) is 0 Å². The molecule has 11 heteroatoms. The maximum absolute atomic E-state index is 12.9. The molecule has 0 bridgehead atoms. The Morgan fingerprint density at radius 3 is 2.61 bits per heavy atom. The zero-order chi connectivity index (χ0) is 23.8. The largest absolute Gasteiger partial charge is 0.433 e. The van der Waals surface area contributed by atoms with Crippen molar-refractivity contribution in [1.29, 1.82) is 0 Å². The Morgan fingerprint density at radius 1 is 1.21 bits per heavy atom. The molecule has 2 heterocycles. The minimum atomic E-state index is -4.56. The van der Waals surface area contributed by atoms with Crippen LogP contribution in [0.1, 0.15) is 41.9 Å². The van der Waals surface area contributed by atoms with Crippen LogP contribution in [0.4, 0.5) is 24.8 Å². The molecule has 0 aliphatic heterocycles. The normalized spacial score (nSPS) is 22.2. The van der Waals surface area contributed by atoms with E-state index in [4.69, 9.17) is 5.73 Å². The van der Waals surface area contributed by atoms with Gasteiger partial charge in [0, 0.05) is 18.1 Å². The molecule has 2 aromatic heterocycles. The van der Waals surface area contributed by atoms with Gasteiger partial charge >= 0.3 is 6.18 Å². The molecule has 1 aromatic carbocycles. The quantitative estimate of drug-likeness (QED) is 0.403. The molecule has 0 amide bonds. The number of thiazole rings is 1. The number of benzene rings is 1. The monoisotopic (exact) mass is 479 g/mol. The minimum Gasteiger partial charge on any atom is -0.383 e. The van der Waals surface area contributed by atoms with Gasteiger partial charge in [0.05, 0.1) is 4.88 Å². The molecule has 7 nitrogen and oxygen atoms in total. The van der Waals surface area contributed by atoms with Crippen LogP contribution in [0.15, 0.2) is 36.7 Å². The summed E-state index contributed by atoms with van der Waals surface area (Å²) in [6.45, 7) is 1.87. The number of nitrogens with two attached hydrogens (primary N) is 1. The van der Waals surface area contributed by atoms with Crippen molar-refractivity contribution >= 4 is 23.0 Å². The van der Waals surface area contributed by atoms with Gasteiger partial charge < -0.3 is 21.3 Å². The van der Waals surface area contributed by atoms with Crippen LogP contribution in [-0.4, -0.2) is 31.4 Å². The van der Waals surface area contributed by atoms with Gasteiger partial charge in [-0.15, -0.1) is 11.3 Å². The fourth-order valence-electron chi connectivity index (χ4n) is 4.00. The molecule has 1 atom stereocenters. The molecular formula is C22H24F3N5O2S. The first kappa shape index (κ1) is 23.6. The Balaban J connectivity index is 1.55. The Hall–Kier alpha value is -2.60. The van der Waals surface area contributed by atoms with E-state index in [0.29, 0.717) is 36.4 Å². The van der Waals surface area contributed by atoms with E-state index in [0.717, 1.165) is 28.3 Å². The van der Waals surface area contributed by atoms with Gasteiger partial charge in [-0.2, -0.15) is 13.2 Å². The summed E-state index contributed by atoms with van der Waals surface area (Å²) in [7, 11) is 0. The first-order valence-electron chi connectivity index (χ1n) is 10.5. The highest BCUT2D eigenvalue weighted by molar-refractivity contribution is 7.15. The molecule has 3 aromatic rings. The number of hydrogen-bond donors (Lipinski definition) is 4. The van der Waals surface area contributed by atoms with Crippen molar-refractivity contribution in [2.45, 2.75) is 50.6 Å². The molecule has 176 valence electrons. The zero-order valence-corrected chi connectivity index (χ0v) is 18.6. The molecule has 1 aliphatic rings. The van der Waals surface area contributed by atoms with E-state index in [2.05, 4.69) is 20.3 Å². The second-order valence-electron chi connectivity index (χ2n) is 8.37. The number of anilines is 2. The highest BCUT2D eigenvalue weighted by atomic mass is 32.1. The number of aryl methyl sites for hydroxylation is 1. The van der Waals surface area contributed by atoms with Gasteiger partial charge in [-0.25, -0.2) is 15.0 Å². The van der Waals surface area contributed by atoms with Crippen LogP contribution in [0.3, 0.4) is 0 Å². The highest BCUT2D eigenvalue weighted by Crippen LogP contribution is 2.43. The Morgan fingerprint density at radius 2 is 1.94 bits per heavy atom. The smallest absolute Gasteiger partial charge is 0.383 e. The maximum atomic E-state index is 12.9. The van der Waals surface area contributed by atoms with E-state index in [1.165, 1.54) is 11.3 Å². The topological polar surface area (TPSA) is 117 Å². The summed E-state index contributed by atoms with van der Waals surface area (Å²) in [6, 6.07) is 6.31. The lowest BCUT2D eigenvalue weighted by Crippen LogP contribution is -2.38. The van der Waals surface area contributed by atoms with Crippen LogP contribution in [-0.2, 0) is 11.8 Å². The van der Waals surface area contributed by atoms with E-state index < -0.39 is 23.7 Å². The van der Waals surface area contributed by atoms with E-state index in [1.807, 2.05) is 13.0 Å². The second-order valence-corrected chi connectivity index (χ2v) is 9.40. The molecule has 5 N–H and O–H groups in total. The van der Waals surface area contributed by atoms with Gasteiger partial charge in [0.15, 0.2) is 0 Å². The number of alkyl halides is 3. The van der Waals surface area contributed by atoms with E-state index in [-0.39, 0.29) is 11.9 Å². The second kappa shape index (κ2) is 8.98. The van der Waals surface area contributed by atoms with E-state index >= 15 is 0 Å². The van der Waals surface area contributed by atoms with E-state index in [1.54, 1.807) is 18.3 Å². The molecule has 4 rings (SSSR count). The van der Waals surface area contributed by atoms with Crippen LogP contribution in [0.2, 0.25) is 0 Å². The van der Waals surface area contributed by atoms with Gasteiger partial charge in [-0.05, 0) is 67.9 Å². The van der Waals surface area contributed by atoms with Crippen molar-refractivity contribution in [1.82, 2.24) is 15.0 Å². The number of halogens is 3. The lowest BCUT2D eigenvalue weighted by Gasteiger charge is -2.35. The third kappa shape index (κ3) is 5.32. The van der Waals surface area contributed by atoms with Crippen molar-refractivity contribution < 1.29 is 23.4 Å². The Bertz CT molecular complexity index is 1130. The summed E-state index contributed by atoms with van der Waals surface area (Å²) in [4.78, 5) is 12.7. The molecule has 1 aliphatic carbocycles. The molecule has 0 saturated heterocycles. The summed E-state index contributed by atoms with van der Waals surface area (Å²) >= 11 is 1.37. The van der Waals surface area contributed by atoms with Crippen molar-refractivity contribution in [3.05, 3.63) is 52.9 Å². The molecule has 1 fully saturated rings. The summed E-state index contributed by atoms with van der Waals surface area (Å²) < 4.78 is 38.8. The van der Waals surface area contributed by atoms with Crippen molar-refractivity contribution in [2.75, 3.05) is 5.32 Å². The highest BCUT2D eigenvalue weighted by Gasteiger charge is 2.38. The standard InChI is InChI=1S/C22H24F3N5O2S/c1-12-8-14(10-15(9-12)29-20-27-7-4-17(30-20)22(23,24)25)16-11-28-19(33-16)21(32)5-2-13(3-6-21)18(26)31/h4,7-11,13,18,31-32H,2-3,5-6,26H2,1H3,(H,27,29,30)/t13-,18?,21-. The fourth-order valence-corrected chi connectivity index (χ4v) is 5.05. The predicted molar refractivity (Wildman–Crippen MR) is 119 cm³/mol. The number of aliphatic hydroxyl groups excluding tert-OH is 1. The number of rotatable bonds is 5. The summed E-state index contributed by atoms with van der Waals surface area (Å²) in [6.07, 6.45) is -0.557. The zero-order valence-electron chi connectivity index (χ0n) is 17.8. The van der Waals surface area contributed by atoms with E-state index in [9.17, 15) is 23.4 Å². The number of nitrogens with one attached hydrogen (secondary N) is 1. The molecule has 0 radical (unpaired) electrons. The Labute approximate surface area is 192 Å². The van der Waals surface area contributed by atoms with Gasteiger partial charge in [0.25, 0.3) is 0 Å². The average molecular weight is 480 g/mol.